The average Bonchev–Trinajstić information content (AvgIpc) is 4.11. The third-order valence-corrected chi connectivity index (χ3v) is 14.6. The van der Waals surface area contributed by atoms with Crippen LogP contribution in [0.1, 0.15) is 22.3 Å². The highest BCUT2D eigenvalue weighted by atomic mass is 16.3. The first-order valence-corrected chi connectivity index (χ1v) is 22.7. The van der Waals surface area contributed by atoms with Crippen LogP contribution in [0.2, 0.25) is 0 Å². The minimum atomic E-state index is -0.495. The van der Waals surface area contributed by atoms with Gasteiger partial charge in [0.2, 0.25) is 0 Å². The Labute approximate surface area is 380 Å². The fourth-order valence-electron chi connectivity index (χ4n) is 11.9. The van der Waals surface area contributed by atoms with Gasteiger partial charge in [-0.05, 0) is 127 Å². The maximum atomic E-state index is 6.89. The number of nitrogens with zero attached hydrogens (tertiary/aromatic N) is 1. The highest BCUT2D eigenvalue weighted by Gasteiger charge is 2.51. The van der Waals surface area contributed by atoms with E-state index in [2.05, 4.69) is 229 Å². The Morgan fingerprint density at radius 1 is 0.318 bits per heavy atom. The Kier molecular flexibility index (Phi) is 7.15. The van der Waals surface area contributed by atoms with Gasteiger partial charge in [-0.15, -0.1) is 0 Å². The first kappa shape index (κ1) is 35.8. The van der Waals surface area contributed by atoms with E-state index in [-0.39, 0.29) is 0 Å². The lowest BCUT2D eigenvalue weighted by molar-refractivity contribution is 0.669. The molecule has 3 heteroatoms. The second-order valence-corrected chi connectivity index (χ2v) is 17.9. The smallest absolute Gasteiger partial charge is 0.143 e. The molecule has 0 unspecified atom stereocenters. The molecule has 0 amide bonds. The molecule has 2 aliphatic carbocycles. The summed E-state index contributed by atoms with van der Waals surface area (Å²) >= 11 is 0. The molecule has 13 aromatic rings. The molecule has 0 fully saturated rings. The molecule has 306 valence electrons. The van der Waals surface area contributed by atoms with Crippen LogP contribution in [0.4, 0.5) is 17.1 Å². The summed E-state index contributed by atoms with van der Waals surface area (Å²) in [6.45, 7) is 0. The Balaban J connectivity index is 1.02. The Hall–Kier alpha value is -8.66. The molecule has 15 rings (SSSR count). The third kappa shape index (κ3) is 4.71. The number of anilines is 3. The van der Waals surface area contributed by atoms with Gasteiger partial charge >= 0.3 is 0 Å². The van der Waals surface area contributed by atoms with Gasteiger partial charge in [0.15, 0.2) is 0 Å². The predicted octanol–water partition coefficient (Wildman–Crippen LogP) is 17.3. The summed E-state index contributed by atoms with van der Waals surface area (Å²) in [5.41, 5.74) is 18.8. The molecule has 66 heavy (non-hydrogen) atoms. The monoisotopic (exact) mass is 839 g/mol. The maximum Gasteiger partial charge on any atom is 0.143 e. The highest BCUT2D eigenvalue weighted by molar-refractivity contribution is 6.20. The van der Waals surface area contributed by atoms with Crippen molar-refractivity contribution in [3.8, 4) is 33.4 Å². The molecule has 2 aromatic heterocycles. The molecule has 0 saturated heterocycles. The predicted molar refractivity (Wildman–Crippen MR) is 272 cm³/mol. The van der Waals surface area contributed by atoms with Gasteiger partial charge in [0, 0.05) is 32.8 Å². The van der Waals surface area contributed by atoms with Crippen LogP contribution in [-0.4, -0.2) is 0 Å². The molecular weight excluding hydrogens is 803 g/mol. The summed E-state index contributed by atoms with van der Waals surface area (Å²) in [6.07, 6.45) is 0. The Morgan fingerprint density at radius 3 is 1.68 bits per heavy atom. The van der Waals surface area contributed by atoms with Crippen LogP contribution in [0.5, 0.6) is 0 Å². The molecule has 0 saturated carbocycles. The second-order valence-electron chi connectivity index (χ2n) is 17.9. The van der Waals surface area contributed by atoms with Crippen molar-refractivity contribution in [3.05, 3.63) is 247 Å². The molecule has 0 atom stereocenters. The molecule has 0 N–H and O–H groups in total. The lowest BCUT2D eigenvalue weighted by atomic mass is 9.70. The van der Waals surface area contributed by atoms with E-state index in [9.17, 15) is 0 Å². The van der Waals surface area contributed by atoms with Crippen LogP contribution < -0.4 is 4.90 Å². The molecule has 11 aromatic carbocycles. The summed E-state index contributed by atoms with van der Waals surface area (Å²) < 4.78 is 13.4. The topological polar surface area (TPSA) is 29.5 Å². The van der Waals surface area contributed by atoms with E-state index in [0.717, 1.165) is 82.8 Å². The third-order valence-electron chi connectivity index (χ3n) is 14.6. The van der Waals surface area contributed by atoms with Crippen molar-refractivity contribution in [2.45, 2.75) is 5.41 Å². The zero-order chi connectivity index (χ0) is 43.1. The van der Waals surface area contributed by atoms with Gasteiger partial charge in [-0.2, -0.15) is 0 Å². The number of fused-ring (bicyclic) bond motifs is 19. The largest absolute Gasteiger partial charge is 0.456 e. The average molecular weight is 840 g/mol. The first-order valence-electron chi connectivity index (χ1n) is 22.7. The van der Waals surface area contributed by atoms with E-state index in [1.807, 2.05) is 0 Å². The van der Waals surface area contributed by atoms with Crippen molar-refractivity contribution in [3.63, 3.8) is 0 Å². The molecule has 0 radical (unpaired) electrons. The Bertz CT molecular complexity index is 4140. The quantitative estimate of drug-likeness (QED) is 0.177. The highest BCUT2D eigenvalue weighted by Crippen LogP contribution is 2.63. The zero-order valence-corrected chi connectivity index (χ0v) is 35.6. The summed E-state index contributed by atoms with van der Waals surface area (Å²) in [7, 11) is 0. The number of furan rings is 2. The fraction of sp³-hybridized carbons (Fsp3) is 0.0159. The van der Waals surface area contributed by atoms with Gasteiger partial charge in [0.25, 0.3) is 0 Å². The van der Waals surface area contributed by atoms with Crippen molar-refractivity contribution in [2.24, 2.45) is 0 Å². The van der Waals surface area contributed by atoms with Crippen molar-refractivity contribution in [1.82, 2.24) is 0 Å². The van der Waals surface area contributed by atoms with Crippen LogP contribution in [0.25, 0.3) is 98.8 Å². The maximum absolute atomic E-state index is 6.89. The van der Waals surface area contributed by atoms with Gasteiger partial charge < -0.3 is 13.7 Å². The standard InChI is InChI=1S/C63H37NO2/c1-2-16-40-36-60-51(34-39(40)15-1)50-35-41(29-33-58(50)65-60)43-17-8-12-25-56(43)64(57-26-13-27-59-61(57)49-31-28-38-14-3-4-18-44(38)62(49)66-59)42-30-32-48-47-21-7-11-24-54(47)63(55(48)37-42)52-22-9-5-19-45(52)46-20-6-10-23-53(46)63/h1-37H. The number of benzene rings is 11. The van der Waals surface area contributed by atoms with Crippen LogP contribution in [0.15, 0.2) is 233 Å². The molecular formula is C63H37NO2. The number of hydrogen-bond acceptors (Lipinski definition) is 3. The number of hydrogen-bond donors (Lipinski definition) is 0. The molecule has 2 heterocycles. The summed E-state index contributed by atoms with van der Waals surface area (Å²) in [6, 6.07) is 82.2. The van der Waals surface area contributed by atoms with Crippen LogP contribution in [-0.2, 0) is 5.41 Å². The normalized spacial score (nSPS) is 13.3. The van der Waals surface area contributed by atoms with Crippen molar-refractivity contribution in [2.75, 3.05) is 4.90 Å². The van der Waals surface area contributed by atoms with Crippen LogP contribution in [0, 0.1) is 0 Å². The van der Waals surface area contributed by atoms with E-state index in [4.69, 9.17) is 8.83 Å². The van der Waals surface area contributed by atoms with Gasteiger partial charge in [-0.3, -0.25) is 0 Å². The molecule has 2 aliphatic rings. The van der Waals surface area contributed by atoms with E-state index < -0.39 is 5.41 Å². The SMILES string of the molecule is c1ccc(N(c2ccc3c(c2)C2(c4ccccc4-c4ccccc42)c2ccccc2-3)c2cccc3oc4c5ccccc5ccc4c23)c(-c2ccc3oc4cc5ccccc5cc4c3c2)c1. The number of rotatable bonds is 4. The molecule has 0 bridgehead atoms. The van der Waals surface area contributed by atoms with Gasteiger partial charge in [-0.25, -0.2) is 0 Å². The van der Waals surface area contributed by atoms with Crippen molar-refractivity contribution < 1.29 is 8.83 Å². The van der Waals surface area contributed by atoms with Crippen LogP contribution >= 0.6 is 0 Å². The Morgan fingerprint density at radius 2 is 0.924 bits per heavy atom. The molecule has 1 spiro atoms. The van der Waals surface area contributed by atoms with E-state index >= 15 is 0 Å². The van der Waals surface area contributed by atoms with Crippen molar-refractivity contribution in [1.29, 1.82) is 0 Å². The zero-order valence-electron chi connectivity index (χ0n) is 35.6. The van der Waals surface area contributed by atoms with Crippen LogP contribution in [0.3, 0.4) is 0 Å². The summed E-state index contributed by atoms with van der Waals surface area (Å²) in [5, 5.41) is 9.00. The second kappa shape index (κ2) is 13.2. The fourth-order valence-corrected chi connectivity index (χ4v) is 11.9. The van der Waals surface area contributed by atoms with Gasteiger partial charge in [-0.1, -0.05) is 164 Å². The van der Waals surface area contributed by atoms with E-state index in [0.29, 0.717) is 0 Å². The van der Waals surface area contributed by atoms with Crippen molar-refractivity contribution >= 4 is 82.5 Å². The number of para-hydroxylation sites is 1. The van der Waals surface area contributed by atoms with E-state index in [1.54, 1.807) is 0 Å². The summed E-state index contributed by atoms with van der Waals surface area (Å²) in [5.74, 6) is 0. The summed E-state index contributed by atoms with van der Waals surface area (Å²) in [4.78, 5) is 2.48. The van der Waals surface area contributed by atoms with Gasteiger partial charge in [0.1, 0.15) is 22.3 Å². The van der Waals surface area contributed by atoms with E-state index in [1.165, 1.54) is 55.3 Å². The molecule has 0 aliphatic heterocycles. The lowest BCUT2D eigenvalue weighted by Gasteiger charge is -2.33. The molecule has 3 nitrogen and oxygen atoms in total. The first-order chi connectivity index (χ1) is 32.7. The van der Waals surface area contributed by atoms with Gasteiger partial charge in [0.05, 0.1) is 22.2 Å². The minimum absolute atomic E-state index is 0.495. The lowest BCUT2D eigenvalue weighted by Crippen LogP contribution is -2.26. The minimum Gasteiger partial charge on any atom is -0.456 e.